The Hall–Kier alpha value is -2.14. The van der Waals surface area contributed by atoms with Gasteiger partial charge in [-0.3, -0.25) is 9.78 Å². The van der Waals surface area contributed by atoms with Crippen LogP contribution in [0.2, 0.25) is 0 Å². The predicted octanol–water partition coefficient (Wildman–Crippen LogP) is 2.33. The molecule has 2 heterocycles. The van der Waals surface area contributed by atoms with E-state index >= 15 is 0 Å². The summed E-state index contributed by atoms with van der Waals surface area (Å²) in [5.74, 6) is 0.863. The number of hydrogen-bond donors (Lipinski definition) is 0. The third-order valence-corrected chi connectivity index (χ3v) is 4.45. The molecule has 0 bridgehead atoms. The second-order valence-electron chi connectivity index (χ2n) is 6.13. The van der Waals surface area contributed by atoms with Crippen LogP contribution in [0.3, 0.4) is 0 Å². The van der Waals surface area contributed by atoms with Crippen LogP contribution in [-0.2, 0) is 0 Å². The van der Waals surface area contributed by atoms with Crippen molar-refractivity contribution < 1.29 is 9.53 Å². The molecule has 1 aliphatic rings. The van der Waals surface area contributed by atoms with Crippen LogP contribution in [0.15, 0.2) is 24.3 Å². The molecule has 2 aromatic rings. The normalized spacial score (nSPS) is 16.4. The number of likely N-dealkylation sites (N-methyl/N-ethyl adjacent to an activating group) is 1. The molecule has 1 saturated heterocycles. The van der Waals surface area contributed by atoms with Crippen molar-refractivity contribution in [2.24, 2.45) is 0 Å². The van der Waals surface area contributed by atoms with Gasteiger partial charge in [0.1, 0.15) is 5.75 Å². The Kier molecular flexibility index (Phi) is 4.48. The van der Waals surface area contributed by atoms with Gasteiger partial charge in [0.2, 0.25) is 0 Å². The number of carbonyl (C=O) groups is 1. The van der Waals surface area contributed by atoms with Crippen LogP contribution >= 0.6 is 0 Å². The zero-order valence-corrected chi connectivity index (χ0v) is 14.0. The number of carbonyl (C=O) groups excluding carboxylic acids is 1. The summed E-state index contributed by atoms with van der Waals surface area (Å²) in [7, 11) is 3.74. The summed E-state index contributed by atoms with van der Waals surface area (Å²) in [6.45, 7) is 5.44. The number of aryl methyl sites for hydroxylation is 1. The molecule has 0 radical (unpaired) electrons. The number of benzene rings is 1. The molecule has 1 fully saturated rings. The fraction of sp³-hybridized carbons (Fsp3) is 0.444. The summed E-state index contributed by atoms with van der Waals surface area (Å²) in [6, 6.07) is 7.70. The molecular weight excluding hydrogens is 290 g/mol. The molecule has 122 valence electrons. The first kappa shape index (κ1) is 15.7. The Balaban J connectivity index is 1.92. The Morgan fingerprint density at radius 1 is 1.17 bits per heavy atom. The van der Waals surface area contributed by atoms with Gasteiger partial charge in [-0.05, 0) is 45.1 Å². The van der Waals surface area contributed by atoms with E-state index in [1.54, 1.807) is 7.11 Å². The van der Waals surface area contributed by atoms with Crippen molar-refractivity contribution in [1.82, 2.24) is 14.8 Å². The van der Waals surface area contributed by atoms with Gasteiger partial charge in [-0.1, -0.05) is 0 Å². The molecule has 1 amide bonds. The summed E-state index contributed by atoms with van der Waals surface area (Å²) in [6.07, 6.45) is 1.01. The van der Waals surface area contributed by atoms with Gasteiger partial charge < -0.3 is 14.5 Å². The van der Waals surface area contributed by atoms with Gasteiger partial charge in [-0.2, -0.15) is 0 Å². The minimum Gasteiger partial charge on any atom is -0.497 e. The lowest BCUT2D eigenvalue weighted by Crippen LogP contribution is -2.35. The standard InChI is InChI=1S/C18H23N3O2/c1-13-16(18(22)21-8-4-7-20(2)9-10-21)11-14-5-6-15(23-3)12-17(14)19-13/h5-6,11-12H,4,7-10H2,1-3H3. The number of rotatable bonds is 2. The van der Waals surface area contributed by atoms with Gasteiger partial charge in [-0.25, -0.2) is 0 Å². The number of aromatic nitrogens is 1. The van der Waals surface area contributed by atoms with Crippen molar-refractivity contribution in [2.45, 2.75) is 13.3 Å². The molecule has 1 aliphatic heterocycles. The number of amides is 1. The molecule has 0 spiro atoms. The third kappa shape index (κ3) is 3.29. The summed E-state index contributed by atoms with van der Waals surface area (Å²) in [5.41, 5.74) is 2.33. The van der Waals surface area contributed by atoms with E-state index in [0.29, 0.717) is 5.56 Å². The molecule has 5 heteroatoms. The maximum Gasteiger partial charge on any atom is 0.255 e. The van der Waals surface area contributed by atoms with Gasteiger partial charge in [-0.15, -0.1) is 0 Å². The minimum atomic E-state index is 0.0861. The first-order valence-corrected chi connectivity index (χ1v) is 8.01. The first-order valence-electron chi connectivity index (χ1n) is 8.01. The molecule has 0 unspecified atom stereocenters. The third-order valence-electron chi connectivity index (χ3n) is 4.45. The quantitative estimate of drug-likeness (QED) is 0.854. The highest BCUT2D eigenvalue weighted by molar-refractivity contribution is 5.98. The molecule has 5 nitrogen and oxygen atoms in total. The van der Waals surface area contributed by atoms with E-state index < -0.39 is 0 Å². The van der Waals surface area contributed by atoms with E-state index in [1.165, 1.54) is 0 Å². The van der Waals surface area contributed by atoms with Crippen molar-refractivity contribution in [3.8, 4) is 5.75 Å². The van der Waals surface area contributed by atoms with Crippen molar-refractivity contribution in [2.75, 3.05) is 40.3 Å². The van der Waals surface area contributed by atoms with Gasteiger partial charge in [0.05, 0.1) is 23.9 Å². The van der Waals surface area contributed by atoms with Crippen molar-refractivity contribution >= 4 is 16.8 Å². The van der Waals surface area contributed by atoms with Crippen LogP contribution in [0.1, 0.15) is 22.5 Å². The van der Waals surface area contributed by atoms with Crippen molar-refractivity contribution in [3.05, 3.63) is 35.5 Å². The monoisotopic (exact) mass is 313 g/mol. The van der Waals surface area contributed by atoms with Crippen molar-refractivity contribution in [3.63, 3.8) is 0 Å². The molecule has 3 rings (SSSR count). The van der Waals surface area contributed by atoms with E-state index in [-0.39, 0.29) is 5.91 Å². The fourth-order valence-corrected chi connectivity index (χ4v) is 3.01. The van der Waals surface area contributed by atoms with Crippen LogP contribution in [-0.4, -0.2) is 61.0 Å². The van der Waals surface area contributed by atoms with Crippen molar-refractivity contribution in [1.29, 1.82) is 0 Å². The van der Waals surface area contributed by atoms with Crippen LogP contribution in [0, 0.1) is 6.92 Å². The first-order chi connectivity index (χ1) is 11.1. The van der Waals surface area contributed by atoms with Crippen LogP contribution in [0.25, 0.3) is 10.9 Å². The smallest absolute Gasteiger partial charge is 0.255 e. The van der Waals surface area contributed by atoms with Gasteiger partial charge >= 0.3 is 0 Å². The lowest BCUT2D eigenvalue weighted by molar-refractivity contribution is 0.0762. The Labute approximate surface area is 136 Å². The lowest BCUT2D eigenvalue weighted by atomic mass is 10.1. The summed E-state index contributed by atoms with van der Waals surface area (Å²) < 4.78 is 5.24. The molecule has 23 heavy (non-hydrogen) atoms. The average molecular weight is 313 g/mol. The second-order valence-corrected chi connectivity index (χ2v) is 6.13. The van der Waals surface area contributed by atoms with Gasteiger partial charge in [0.25, 0.3) is 5.91 Å². The van der Waals surface area contributed by atoms with Gasteiger partial charge in [0.15, 0.2) is 0 Å². The zero-order chi connectivity index (χ0) is 16.4. The van der Waals surface area contributed by atoms with Crippen LogP contribution in [0.5, 0.6) is 5.75 Å². The van der Waals surface area contributed by atoms with E-state index in [9.17, 15) is 4.79 Å². The maximum absolute atomic E-state index is 12.9. The number of methoxy groups -OCH3 is 1. The highest BCUT2D eigenvalue weighted by Gasteiger charge is 2.21. The molecule has 0 aliphatic carbocycles. The number of nitrogens with zero attached hydrogens (tertiary/aromatic N) is 3. The Morgan fingerprint density at radius 2 is 2.00 bits per heavy atom. The zero-order valence-electron chi connectivity index (χ0n) is 14.0. The van der Waals surface area contributed by atoms with Gasteiger partial charge in [0, 0.05) is 31.1 Å². The summed E-state index contributed by atoms with van der Waals surface area (Å²) in [4.78, 5) is 21.7. The molecule has 0 atom stereocenters. The van der Waals surface area contributed by atoms with E-state index in [4.69, 9.17) is 4.74 Å². The minimum absolute atomic E-state index is 0.0861. The number of pyridine rings is 1. The maximum atomic E-state index is 12.9. The average Bonchev–Trinajstić information content (AvgIpc) is 2.77. The Bertz CT molecular complexity index is 730. The highest BCUT2D eigenvalue weighted by Crippen LogP contribution is 2.22. The SMILES string of the molecule is COc1ccc2cc(C(=O)N3CCCN(C)CC3)c(C)nc2c1. The number of fused-ring (bicyclic) bond motifs is 1. The predicted molar refractivity (Wildman–Crippen MR) is 91.0 cm³/mol. The van der Waals surface area contributed by atoms with Crippen LogP contribution < -0.4 is 4.74 Å². The molecule has 0 N–H and O–H groups in total. The number of hydrogen-bond acceptors (Lipinski definition) is 4. The van der Waals surface area contributed by atoms with E-state index in [1.807, 2.05) is 36.1 Å². The summed E-state index contributed by atoms with van der Waals surface area (Å²) in [5, 5.41) is 0.965. The molecule has 0 saturated carbocycles. The van der Waals surface area contributed by atoms with E-state index in [0.717, 1.165) is 54.9 Å². The second kappa shape index (κ2) is 6.54. The van der Waals surface area contributed by atoms with Crippen LogP contribution in [0.4, 0.5) is 0 Å². The molecular formula is C18H23N3O2. The fourth-order valence-electron chi connectivity index (χ4n) is 3.01. The lowest BCUT2D eigenvalue weighted by Gasteiger charge is -2.21. The number of ether oxygens (including phenoxy) is 1. The Morgan fingerprint density at radius 3 is 2.78 bits per heavy atom. The summed E-state index contributed by atoms with van der Waals surface area (Å²) >= 11 is 0. The molecule has 1 aromatic heterocycles. The largest absolute Gasteiger partial charge is 0.497 e. The molecule has 1 aromatic carbocycles. The highest BCUT2D eigenvalue weighted by atomic mass is 16.5. The van der Waals surface area contributed by atoms with E-state index in [2.05, 4.69) is 16.9 Å². The topological polar surface area (TPSA) is 45.7 Å².